The highest BCUT2D eigenvalue weighted by Gasteiger charge is 2.18. The lowest BCUT2D eigenvalue weighted by atomic mass is 10.0. The zero-order chi connectivity index (χ0) is 12.6. The van der Waals surface area contributed by atoms with Gasteiger partial charge in [-0.05, 0) is 17.5 Å². The van der Waals surface area contributed by atoms with Crippen molar-refractivity contribution in [2.45, 2.75) is 0 Å². The Morgan fingerprint density at radius 1 is 1.12 bits per heavy atom. The van der Waals surface area contributed by atoms with Crippen LogP contribution in [0.15, 0.2) is 30.3 Å². The maximum atomic E-state index is 11.2. The van der Waals surface area contributed by atoms with Gasteiger partial charge in [-0.25, -0.2) is 10.9 Å². The standard InChI is InChI=1S/C11H6ClIO4/c12-8-3-1-2-7-6(8)4-5-9(13(16)17)10(7)11(14)15/h1-5H,(H,14,15). The summed E-state index contributed by atoms with van der Waals surface area (Å²) in [5.74, 6) is -1.26. The molecule has 2 aromatic rings. The van der Waals surface area contributed by atoms with Gasteiger partial charge in [0.25, 0.3) is 0 Å². The molecule has 0 heterocycles. The number of halogens is 2. The number of benzene rings is 2. The first-order valence-corrected chi connectivity index (χ1v) is 7.74. The predicted octanol–water partition coefficient (Wildman–Crippen LogP) is 3.56. The highest BCUT2D eigenvalue weighted by molar-refractivity contribution is 14.2. The Kier molecular flexibility index (Phi) is 3.30. The van der Waals surface area contributed by atoms with Crippen LogP contribution in [0.1, 0.15) is 10.4 Å². The van der Waals surface area contributed by atoms with Gasteiger partial charge in [0.2, 0.25) is 0 Å². The molecule has 0 aliphatic heterocycles. The van der Waals surface area contributed by atoms with Gasteiger partial charge in [-0.3, -0.25) is 0 Å². The molecule has 0 aliphatic carbocycles. The molecule has 2 aromatic carbocycles. The Morgan fingerprint density at radius 3 is 2.41 bits per heavy atom. The molecule has 0 aliphatic rings. The quantitative estimate of drug-likeness (QED) is 0.827. The third-order valence-corrected chi connectivity index (χ3v) is 4.51. The van der Waals surface area contributed by atoms with Crippen LogP contribution >= 0.6 is 31.4 Å². The first kappa shape index (κ1) is 12.3. The zero-order valence-electron chi connectivity index (χ0n) is 8.31. The molecule has 0 fully saturated rings. The predicted molar refractivity (Wildman–Crippen MR) is 70.0 cm³/mol. The van der Waals surface area contributed by atoms with Gasteiger partial charge < -0.3 is 5.11 Å². The molecule has 0 saturated carbocycles. The molecule has 0 amide bonds. The Bertz CT molecular complexity index is 683. The SMILES string of the molecule is O=C(O)c1c(I(=O)=O)ccc2c(Cl)cccc12. The molecular weight excluding hydrogens is 358 g/mol. The van der Waals surface area contributed by atoms with Crippen LogP contribution in [0.5, 0.6) is 0 Å². The van der Waals surface area contributed by atoms with E-state index in [1.807, 2.05) is 0 Å². The zero-order valence-corrected chi connectivity index (χ0v) is 11.2. The summed E-state index contributed by atoms with van der Waals surface area (Å²) in [6, 6.07) is 7.59. The summed E-state index contributed by atoms with van der Waals surface area (Å²) in [5.41, 5.74) is -0.194. The van der Waals surface area contributed by atoms with Crippen molar-refractivity contribution in [3.8, 4) is 0 Å². The number of hydrogen-bond donors (Lipinski definition) is 1. The molecule has 2 rings (SSSR count). The number of rotatable bonds is 2. The molecule has 4 nitrogen and oxygen atoms in total. The van der Waals surface area contributed by atoms with Crippen LogP contribution < -0.4 is 0 Å². The van der Waals surface area contributed by atoms with Crippen molar-refractivity contribution in [2.24, 2.45) is 0 Å². The van der Waals surface area contributed by atoms with E-state index in [1.54, 1.807) is 18.2 Å². The topological polar surface area (TPSA) is 71.4 Å². The summed E-state index contributed by atoms with van der Waals surface area (Å²) in [4.78, 5) is 11.2. The third-order valence-electron chi connectivity index (χ3n) is 2.34. The van der Waals surface area contributed by atoms with E-state index in [9.17, 15) is 10.9 Å². The van der Waals surface area contributed by atoms with Crippen molar-refractivity contribution in [1.29, 1.82) is 0 Å². The molecule has 17 heavy (non-hydrogen) atoms. The summed E-state index contributed by atoms with van der Waals surface area (Å²) in [6.07, 6.45) is 0. The molecule has 0 radical (unpaired) electrons. The average molecular weight is 365 g/mol. The van der Waals surface area contributed by atoms with Gasteiger partial charge in [-0.2, -0.15) is 0 Å². The van der Waals surface area contributed by atoms with Crippen molar-refractivity contribution < 1.29 is 16.0 Å². The van der Waals surface area contributed by atoms with Gasteiger partial charge in [-0.1, -0.05) is 29.8 Å². The summed E-state index contributed by atoms with van der Waals surface area (Å²) >= 11 is 2.09. The van der Waals surface area contributed by atoms with Crippen LogP contribution in [0, 0.1) is 3.57 Å². The van der Waals surface area contributed by atoms with Crippen molar-refractivity contribution >= 4 is 48.1 Å². The molecule has 0 unspecified atom stereocenters. The van der Waals surface area contributed by atoms with E-state index in [4.69, 9.17) is 16.7 Å². The molecule has 1 N–H and O–H groups in total. The van der Waals surface area contributed by atoms with E-state index in [1.165, 1.54) is 12.1 Å². The van der Waals surface area contributed by atoms with Crippen LogP contribution in [0.2, 0.25) is 5.02 Å². The molecule has 0 spiro atoms. The lowest BCUT2D eigenvalue weighted by Gasteiger charge is -2.05. The first-order valence-electron chi connectivity index (χ1n) is 4.52. The Balaban J connectivity index is 2.99. The second-order valence-electron chi connectivity index (χ2n) is 3.28. The largest absolute Gasteiger partial charge is 0.478 e. The minimum absolute atomic E-state index is 0.114. The van der Waals surface area contributed by atoms with Crippen LogP contribution in [-0.2, 0) is 6.14 Å². The number of aromatic carboxylic acids is 1. The second kappa shape index (κ2) is 4.58. The molecule has 0 atom stereocenters. The van der Waals surface area contributed by atoms with Gasteiger partial charge in [0, 0.05) is 10.4 Å². The molecule has 0 saturated heterocycles. The molecule has 88 valence electrons. The molecule has 0 bridgehead atoms. The molecule has 0 aromatic heterocycles. The number of carboxylic acids is 1. The fraction of sp³-hybridized carbons (Fsp3) is 0. The highest BCUT2D eigenvalue weighted by atomic mass is 127. The Labute approximate surface area is 108 Å². The van der Waals surface area contributed by atoms with E-state index in [0.29, 0.717) is 15.8 Å². The van der Waals surface area contributed by atoms with Gasteiger partial charge in [0.05, 0.1) is 9.13 Å². The van der Waals surface area contributed by atoms with Crippen LogP contribution in [0.3, 0.4) is 0 Å². The van der Waals surface area contributed by atoms with E-state index >= 15 is 0 Å². The fourth-order valence-corrected chi connectivity index (χ4v) is 3.31. The average Bonchev–Trinajstić information content (AvgIpc) is 2.27. The third kappa shape index (κ3) is 2.12. The summed E-state index contributed by atoms with van der Waals surface area (Å²) in [5, 5.41) is 10.4. The number of carboxylic acid groups (broad SMARTS) is 1. The Hall–Kier alpha value is -1.21. The summed E-state index contributed by atoms with van der Waals surface area (Å²) < 4.78 is 22.1. The fourth-order valence-electron chi connectivity index (χ4n) is 1.64. The van der Waals surface area contributed by atoms with E-state index in [0.717, 1.165) is 0 Å². The number of hydrogen-bond acceptors (Lipinski definition) is 3. The van der Waals surface area contributed by atoms with Crippen molar-refractivity contribution in [3.63, 3.8) is 0 Å². The molecule has 6 heteroatoms. The van der Waals surface area contributed by atoms with Crippen molar-refractivity contribution in [2.75, 3.05) is 0 Å². The lowest BCUT2D eigenvalue weighted by molar-refractivity contribution is 0.0698. The Morgan fingerprint density at radius 2 is 1.82 bits per heavy atom. The summed E-state index contributed by atoms with van der Waals surface area (Å²) in [6.45, 7) is 0. The lowest BCUT2D eigenvalue weighted by Crippen LogP contribution is -2.01. The van der Waals surface area contributed by atoms with Gasteiger partial charge in [0.1, 0.15) is 0 Å². The minimum Gasteiger partial charge on any atom is -0.478 e. The van der Waals surface area contributed by atoms with E-state index in [2.05, 4.69) is 0 Å². The van der Waals surface area contributed by atoms with Gasteiger partial charge in [-0.15, -0.1) is 0 Å². The van der Waals surface area contributed by atoms with Gasteiger partial charge in [0.15, 0.2) is 0 Å². The molecular formula is C11H6ClIO4. The maximum Gasteiger partial charge on any atom is 0.341 e. The highest BCUT2D eigenvalue weighted by Crippen LogP contribution is 2.32. The van der Waals surface area contributed by atoms with Crippen molar-refractivity contribution in [3.05, 3.63) is 44.5 Å². The smallest absolute Gasteiger partial charge is 0.341 e. The summed E-state index contributed by atoms with van der Waals surface area (Å²) in [7, 11) is 0. The van der Waals surface area contributed by atoms with E-state index in [-0.39, 0.29) is 9.13 Å². The van der Waals surface area contributed by atoms with E-state index < -0.39 is 25.8 Å². The minimum atomic E-state index is -3.84. The normalized spacial score (nSPS) is 10.9. The van der Waals surface area contributed by atoms with Crippen molar-refractivity contribution in [1.82, 2.24) is 0 Å². The van der Waals surface area contributed by atoms with Crippen LogP contribution in [-0.4, -0.2) is 11.1 Å². The number of fused-ring (bicyclic) bond motifs is 1. The van der Waals surface area contributed by atoms with Crippen LogP contribution in [0.25, 0.3) is 10.8 Å². The maximum absolute atomic E-state index is 11.2. The van der Waals surface area contributed by atoms with Crippen LogP contribution in [0.4, 0.5) is 0 Å². The first-order chi connectivity index (χ1) is 8.02. The monoisotopic (exact) mass is 364 g/mol. The second-order valence-corrected chi connectivity index (χ2v) is 6.09. The van der Waals surface area contributed by atoms with Gasteiger partial charge >= 0.3 is 25.8 Å². The number of carbonyl (C=O) groups is 1.